The second kappa shape index (κ2) is 5.45. The minimum atomic E-state index is 0.250. The zero-order valence-electron chi connectivity index (χ0n) is 7.42. The summed E-state index contributed by atoms with van der Waals surface area (Å²) in [6.07, 6.45) is 0.645. The molecule has 0 saturated carbocycles. The number of carbonyl (C=O) groups excluding carboxylic acids is 1. The first kappa shape index (κ1) is 10.8. The van der Waals surface area contributed by atoms with Gasteiger partial charge < -0.3 is 0 Å². The maximum atomic E-state index is 10.7. The van der Waals surface area contributed by atoms with Gasteiger partial charge in [-0.15, -0.1) is 11.8 Å². The monoisotopic (exact) mass is 258 g/mol. The van der Waals surface area contributed by atoms with Crippen molar-refractivity contribution in [2.45, 2.75) is 18.2 Å². The molecule has 0 N–H and O–H groups in total. The first-order valence-electron chi connectivity index (χ1n) is 4.07. The molecule has 0 fully saturated rings. The number of ketones is 1. The topological polar surface area (TPSA) is 17.1 Å². The van der Waals surface area contributed by atoms with E-state index in [4.69, 9.17) is 0 Å². The van der Waals surface area contributed by atoms with Crippen molar-refractivity contribution in [1.82, 2.24) is 0 Å². The summed E-state index contributed by atoms with van der Waals surface area (Å²) in [7, 11) is 0. The number of benzene rings is 1. The van der Waals surface area contributed by atoms with Gasteiger partial charge in [0.2, 0.25) is 0 Å². The smallest absolute Gasteiger partial charge is 0.130 e. The molecule has 0 atom stereocenters. The molecule has 1 nitrogen and oxygen atoms in total. The minimum Gasteiger partial charge on any atom is -0.300 e. The van der Waals surface area contributed by atoms with Gasteiger partial charge in [0.05, 0.1) is 0 Å². The molecule has 0 aromatic heterocycles. The Hall–Kier alpha value is -0.280. The fourth-order valence-electron chi connectivity index (χ4n) is 0.867. The first-order valence-corrected chi connectivity index (χ1v) is 5.85. The molecule has 0 heterocycles. The first-order chi connectivity index (χ1) is 6.20. The van der Waals surface area contributed by atoms with E-state index < -0.39 is 0 Å². The Morgan fingerprint density at radius 3 is 2.77 bits per heavy atom. The Kier molecular flexibility index (Phi) is 4.53. The van der Waals surface area contributed by atoms with Crippen molar-refractivity contribution in [3.63, 3.8) is 0 Å². The fourth-order valence-corrected chi connectivity index (χ4v) is 2.48. The highest BCUT2D eigenvalue weighted by atomic mass is 79.9. The van der Waals surface area contributed by atoms with E-state index in [-0.39, 0.29) is 5.78 Å². The van der Waals surface area contributed by atoms with Gasteiger partial charge in [-0.1, -0.05) is 12.1 Å². The average molecular weight is 259 g/mol. The summed E-state index contributed by atoms with van der Waals surface area (Å²) in [5, 5.41) is 0. The second-order valence-electron chi connectivity index (χ2n) is 2.73. The molecular weight excluding hydrogens is 248 g/mol. The lowest BCUT2D eigenvalue weighted by molar-refractivity contribution is -0.116. The van der Waals surface area contributed by atoms with Gasteiger partial charge in [0.15, 0.2) is 0 Å². The minimum absolute atomic E-state index is 0.250. The molecule has 0 spiro atoms. The quantitative estimate of drug-likeness (QED) is 0.769. The third-order valence-corrected chi connectivity index (χ3v) is 3.58. The maximum absolute atomic E-state index is 10.7. The van der Waals surface area contributed by atoms with Crippen LogP contribution in [0.4, 0.5) is 0 Å². The number of Topliss-reactive ketones (excluding diaryl/α,β-unsaturated/α-hetero) is 1. The van der Waals surface area contributed by atoms with Crippen LogP contribution in [0.5, 0.6) is 0 Å². The average Bonchev–Trinajstić information content (AvgIpc) is 2.08. The number of hydrogen-bond donors (Lipinski definition) is 0. The summed E-state index contributed by atoms with van der Waals surface area (Å²) in [6.45, 7) is 1.63. The van der Waals surface area contributed by atoms with Crippen LogP contribution in [0.1, 0.15) is 13.3 Å². The molecule has 0 aliphatic heterocycles. The molecular formula is C10H11BrOS. The SMILES string of the molecule is CC(=O)CCSc1ccccc1Br. The summed E-state index contributed by atoms with van der Waals surface area (Å²) >= 11 is 5.17. The third-order valence-electron chi connectivity index (χ3n) is 1.55. The number of rotatable bonds is 4. The molecule has 1 aromatic carbocycles. The fraction of sp³-hybridized carbons (Fsp3) is 0.300. The van der Waals surface area contributed by atoms with E-state index in [2.05, 4.69) is 22.0 Å². The van der Waals surface area contributed by atoms with Gasteiger partial charge >= 0.3 is 0 Å². The van der Waals surface area contributed by atoms with E-state index in [1.165, 1.54) is 4.90 Å². The summed E-state index contributed by atoms with van der Waals surface area (Å²) < 4.78 is 1.10. The highest BCUT2D eigenvalue weighted by Crippen LogP contribution is 2.27. The van der Waals surface area contributed by atoms with Gasteiger partial charge in [0.1, 0.15) is 5.78 Å². The largest absolute Gasteiger partial charge is 0.300 e. The Bertz CT molecular complexity index is 299. The lowest BCUT2D eigenvalue weighted by Gasteiger charge is -2.01. The summed E-state index contributed by atoms with van der Waals surface area (Å²) in [4.78, 5) is 11.9. The van der Waals surface area contributed by atoms with Crippen molar-refractivity contribution in [1.29, 1.82) is 0 Å². The zero-order valence-corrected chi connectivity index (χ0v) is 9.82. The number of thioether (sulfide) groups is 1. The highest BCUT2D eigenvalue weighted by Gasteiger charge is 1.99. The second-order valence-corrected chi connectivity index (χ2v) is 4.72. The van der Waals surface area contributed by atoms with Crippen LogP contribution in [0.3, 0.4) is 0 Å². The van der Waals surface area contributed by atoms with Crippen molar-refractivity contribution in [2.24, 2.45) is 0 Å². The van der Waals surface area contributed by atoms with Crippen molar-refractivity contribution in [2.75, 3.05) is 5.75 Å². The number of halogens is 1. The van der Waals surface area contributed by atoms with E-state index in [1.807, 2.05) is 18.2 Å². The normalized spacial score (nSPS) is 10.0. The highest BCUT2D eigenvalue weighted by molar-refractivity contribution is 9.10. The molecule has 0 aliphatic rings. The van der Waals surface area contributed by atoms with Gasteiger partial charge in [-0.3, -0.25) is 4.79 Å². The van der Waals surface area contributed by atoms with E-state index in [0.717, 1.165) is 10.2 Å². The van der Waals surface area contributed by atoms with Gasteiger partial charge in [-0.05, 0) is 35.0 Å². The molecule has 1 rings (SSSR count). The summed E-state index contributed by atoms with van der Waals surface area (Å²) in [5.74, 6) is 1.11. The zero-order chi connectivity index (χ0) is 9.68. The lowest BCUT2D eigenvalue weighted by Crippen LogP contribution is -1.91. The van der Waals surface area contributed by atoms with Crippen molar-refractivity contribution in [3.05, 3.63) is 28.7 Å². The summed E-state index contributed by atoms with van der Waals surface area (Å²) in [5.41, 5.74) is 0. The number of carbonyl (C=O) groups is 1. The van der Waals surface area contributed by atoms with Crippen LogP contribution in [0, 0.1) is 0 Å². The van der Waals surface area contributed by atoms with Crippen LogP contribution in [0.2, 0.25) is 0 Å². The Labute approximate surface area is 91.0 Å². The molecule has 0 unspecified atom stereocenters. The molecule has 1 aromatic rings. The van der Waals surface area contributed by atoms with E-state index in [1.54, 1.807) is 18.7 Å². The lowest BCUT2D eigenvalue weighted by atomic mass is 10.4. The summed E-state index contributed by atoms with van der Waals surface area (Å²) in [6, 6.07) is 8.05. The molecule has 0 amide bonds. The van der Waals surface area contributed by atoms with Gasteiger partial charge in [0.25, 0.3) is 0 Å². The van der Waals surface area contributed by atoms with Crippen LogP contribution in [0.25, 0.3) is 0 Å². The molecule has 70 valence electrons. The third kappa shape index (κ3) is 3.96. The van der Waals surface area contributed by atoms with Crippen LogP contribution in [-0.4, -0.2) is 11.5 Å². The van der Waals surface area contributed by atoms with Crippen molar-refractivity contribution in [3.8, 4) is 0 Å². The molecule has 0 bridgehead atoms. The van der Waals surface area contributed by atoms with E-state index >= 15 is 0 Å². The Morgan fingerprint density at radius 2 is 2.15 bits per heavy atom. The van der Waals surface area contributed by atoms with Crippen LogP contribution in [-0.2, 0) is 4.79 Å². The Balaban J connectivity index is 2.45. The van der Waals surface area contributed by atoms with Gasteiger partial charge in [-0.25, -0.2) is 0 Å². The molecule has 3 heteroatoms. The van der Waals surface area contributed by atoms with Crippen LogP contribution >= 0.6 is 27.7 Å². The van der Waals surface area contributed by atoms with Gasteiger partial charge in [0, 0.05) is 21.5 Å². The molecule has 13 heavy (non-hydrogen) atoms. The van der Waals surface area contributed by atoms with Crippen molar-refractivity contribution >= 4 is 33.5 Å². The van der Waals surface area contributed by atoms with Crippen LogP contribution in [0.15, 0.2) is 33.6 Å². The van der Waals surface area contributed by atoms with Gasteiger partial charge in [-0.2, -0.15) is 0 Å². The predicted molar refractivity (Wildman–Crippen MR) is 60.2 cm³/mol. The number of hydrogen-bond acceptors (Lipinski definition) is 2. The molecule has 0 radical (unpaired) electrons. The maximum Gasteiger partial charge on any atom is 0.130 e. The van der Waals surface area contributed by atoms with E-state index in [9.17, 15) is 4.79 Å². The van der Waals surface area contributed by atoms with E-state index in [0.29, 0.717) is 6.42 Å². The standard InChI is InChI=1S/C10H11BrOS/c1-8(12)6-7-13-10-5-3-2-4-9(10)11/h2-5H,6-7H2,1H3. The molecule has 0 saturated heterocycles. The molecule has 0 aliphatic carbocycles. The predicted octanol–water partition coefficient (Wildman–Crippen LogP) is 3.52. The van der Waals surface area contributed by atoms with Crippen molar-refractivity contribution < 1.29 is 4.79 Å². The Morgan fingerprint density at radius 1 is 1.46 bits per heavy atom. The van der Waals surface area contributed by atoms with Crippen LogP contribution < -0.4 is 0 Å².